The standard InChI is InChI=1S/C8H17NO.C6H15NO.C2H6/c1-8(2)7-9-3-5-10-6-4-9;1-3-7-5-4-6-8-2;1-2/h8H,3-7H2,1-2H3;7H,3-6H2,1-2H3;1-2H3. The number of nitrogens with zero attached hydrogens (tertiary/aromatic N) is 1. The summed E-state index contributed by atoms with van der Waals surface area (Å²) in [6.07, 6.45) is 1.12. The molecule has 1 saturated heterocycles. The molecule has 0 radical (unpaired) electrons. The summed E-state index contributed by atoms with van der Waals surface area (Å²) < 4.78 is 10.1. The zero-order valence-electron chi connectivity index (χ0n) is 14.7. The van der Waals surface area contributed by atoms with Gasteiger partial charge >= 0.3 is 0 Å². The zero-order chi connectivity index (χ0) is 15.6. The van der Waals surface area contributed by atoms with Crippen LogP contribution in [0.25, 0.3) is 0 Å². The molecule has 1 N–H and O–H groups in total. The van der Waals surface area contributed by atoms with Crippen LogP contribution >= 0.6 is 0 Å². The maximum atomic E-state index is 5.24. The van der Waals surface area contributed by atoms with Crippen LogP contribution in [0.1, 0.15) is 41.0 Å². The minimum atomic E-state index is 0.790. The monoisotopic (exact) mass is 290 g/mol. The smallest absolute Gasteiger partial charge is 0.0594 e. The fourth-order valence-electron chi connectivity index (χ4n) is 1.82. The van der Waals surface area contributed by atoms with E-state index in [1.165, 1.54) is 6.54 Å². The molecule has 0 amide bonds. The first-order valence-electron chi connectivity index (χ1n) is 8.20. The molecule has 1 fully saturated rings. The maximum Gasteiger partial charge on any atom is 0.0594 e. The van der Waals surface area contributed by atoms with Gasteiger partial charge in [-0.15, -0.1) is 0 Å². The van der Waals surface area contributed by atoms with Crippen molar-refractivity contribution < 1.29 is 9.47 Å². The van der Waals surface area contributed by atoms with Gasteiger partial charge in [0.15, 0.2) is 0 Å². The Balaban J connectivity index is 0. The minimum absolute atomic E-state index is 0.790. The van der Waals surface area contributed by atoms with E-state index in [2.05, 4.69) is 31.0 Å². The highest BCUT2D eigenvalue weighted by Gasteiger charge is 2.10. The van der Waals surface area contributed by atoms with Crippen LogP contribution in [0, 0.1) is 5.92 Å². The Morgan fingerprint density at radius 3 is 2.25 bits per heavy atom. The Morgan fingerprint density at radius 1 is 1.20 bits per heavy atom. The highest BCUT2D eigenvalue weighted by atomic mass is 16.5. The van der Waals surface area contributed by atoms with Gasteiger partial charge in [0.05, 0.1) is 13.2 Å². The van der Waals surface area contributed by atoms with E-state index in [4.69, 9.17) is 9.47 Å². The van der Waals surface area contributed by atoms with E-state index < -0.39 is 0 Å². The van der Waals surface area contributed by atoms with Crippen molar-refractivity contribution in [2.24, 2.45) is 5.92 Å². The first-order valence-corrected chi connectivity index (χ1v) is 8.20. The number of methoxy groups -OCH3 is 1. The third-order valence-corrected chi connectivity index (χ3v) is 2.68. The predicted molar refractivity (Wildman–Crippen MR) is 88.5 cm³/mol. The lowest BCUT2D eigenvalue weighted by molar-refractivity contribution is 0.0329. The molecular formula is C16H38N2O2. The van der Waals surface area contributed by atoms with Gasteiger partial charge in [0, 0.05) is 33.4 Å². The average Bonchev–Trinajstić information content (AvgIpc) is 2.47. The summed E-state index contributed by atoms with van der Waals surface area (Å²) in [6, 6.07) is 0. The molecule has 4 nitrogen and oxygen atoms in total. The van der Waals surface area contributed by atoms with Gasteiger partial charge in [0.25, 0.3) is 0 Å². The minimum Gasteiger partial charge on any atom is -0.385 e. The number of ether oxygens (including phenoxy) is 2. The molecule has 1 heterocycles. The van der Waals surface area contributed by atoms with Crippen LogP contribution in [0.3, 0.4) is 0 Å². The van der Waals surface area contributed by atoms with Crippen molar-refractivity contribution in [2.75, 3.05) is 59.7 Å². The lowest BCUT2D eigenvalue weighted by Gasteiger charge is -2.27. The molecule has 0 spiro atoms. The lowest BCUT2D eigenvalue weighted by Crippen LogP contribution is -2.38. The van der Waals surface area contributed by atoms with Gasteiger partial charge in [0.1, 0.15) is 0 Å². The highest BCUT2D eigenvalue weighted by Crippen LogP contribution is 2.01. The van der Waals surface area contributed by atoms with E-state index in [9.17, 15) is 0 Å². The van der Waals surface area contributed by atoms with E-state index >= 15 is 0 Å². The van der Waals surface area contributed by atoms with E-state index in [-0.39, 0.29) is 0 Å². The Hall–Kier alpha value is -0.160. The van der Waals surface area contributed by atoms with Crippen LogP contribution in [0.2, 0.25) is 0 Å². The van der Waals surface area contributed by atoms with Gasteiger partial charge in [0.2, 0.25) is 0 Å². The quantitative estimate of drug-likeness (QED) is 0.731. The normalized spacial score (nSPS) is 15.2. The van der Waals surface area contributed by atoms with Crippen molar-refractivity contribution in [3.05, 3.63) is 0 Å². The summed E-state index contributed by atoms with van der Waals surface area (Å²) in [5, 5.41) is 3.20. The summed E-state index contributed by atoms with van der Waals surface area (Å²) in [7, 11) is 1.73. The first kappa shape index (κ1) is 22.1. The second-order valence-electron chi connectivity index (χ2n) is 5.01. The third-order valence-electron chi connectivity index (χ3n) is 2.68. The van der Waals surface area contributed by atoms with Gasteiger partial charge in [-0.05, 0) is 25.4 Å². The van der Waals surface area contributed by atoms with E-state index in [0.29, 0.717) is 0 Å². The zero-order valence-corrected chi connectivity index (χ0v) is 14.7. The SMILES string of the molecule is CC.CC(C)CN1CCOCC1.CCNCCCOC. The van der Waals surface area contributed by atoms with Crippen molar-refractivity contribution in [3.8, 4) is 0 Å². The molecule has 1 rings (SSSR count). The summed E-state index contributed by atoms with van der Waals surface area (Å²) in [4.78, 5) is 2.47. The molecule has 0 aromatic rings. The van der Waals surface area contributed by atoms with Gasteiger partial charge < -0.3 is 14.8 Å². The molecule has 124 valence electrons. The maximum absolute atomic E-state index is 5.24. The van der Waals surface area contributed by atoms with Crippen molar-refractivity contribution in [1.29, 1.82) is 0 Å². The average molecular weight is 290 g/mol. The van der Waals surface area contributed by atoms with Crippen LogP contribution in [0.5, 0.6) is 0 Å². The number of hydrogen-bond acceptors (Lipinski definition) is 4. The Labute approximate surface area is 127 Å². The van der Waals surface area contributed by atoms with Crippen LogP contribution in [0.4, 0.5) is 0 Å². The summed E-state index contributed by atoms with van der Waals surface area (Å²) in [5.74, 6) is 0.790. The predicted octanol–water partition coefficient (Wildman–Crippen LogP) is 2.63. The highest BCUT2D eigenvalue weighted by molar-refractivity contribution is 4.62. The molecule has 20 heavy (non-hydrogen) atoms. The Kier molecular flexibility index (Phi) is 20.8. The molecule has 0 atom stereocenters. The molecule has 4 heteroatoms. The molecule has 0 aromatic carbocycles. The first-order chi connectivity index (χ1) is 9.70. The molecule has 1 aliphatic heterocycles. The number of nitrogens with one attached hydrogen (secondary N) is 1. The van der Waals surface area contributed by atoms with Crippen LogP contribution in [-0.4, -0.2) is 64.6 Å². The van der Waals surface area contributed by atoms with Gasteiger partial charge in [-0.25, -0.2) is 0 Å². The van der Waals surface area contributed by atoms with E-state index in [0.717, 1.165) is 58.3 Å². The Bertz CT molecular complexity index is 155. The molecule has 0 aliphatic carbocycles. The largest absolute Gasteiger partial charge is 0.385 e. The number of morpholine rings is 1. The molecule has 1 aliphatic rings. The van der Waals surface area contributed by atoms with Crippen LogP contribution < -0.4 is 5.32 Å². The molecule has 0 unspecified atom stereocenters. The summed E-state index contributed by atoms with van der Waals surface area (Å²) in [6.45, 7) is 18.9. The van der Waals surface area contributed by atoms with E-state index in [1.807, 2.05) is 13.8 Å². The van der Waals surface area contributed by atoms with Gasteiger partial charge in [-0.2, -0.15) is 0 Å². The second kappa shape index (κ2) is 18.8. The fraction of sp³-hybridized carbons (Fsp3) is 1.00. The van der Waals surface area contributed by atoms with Crippen molar-refractivity contribution in [3.63, 3.8) is 0 Å². The number of hydrogen-bond donors (Lipinski definition) is 1. The third kappa shape index (κ3) is 17.8. The molecular weight excluding hydrogens is 252 g/mol. The Morgan fingerprint density at radius 2 is 1.80 bits per heavy atom. The van der Waals surface area contributed by atoms with Crippen molar-refractivity contribution in [2.45, 2.75) is 41.0 Å². The summed E-state index contributed by atoms with van der Waals surface area (Å²) in [5.41, 5.74) is 0. The topological polar surface area (TPSA) is 33.7 Å². The van der Waals surface area contributed by atoms with Crippen LogP contribution in [-0.2, 0) is 9.47 Å². The van der Waals surface area contributed by atoms with Crippen molar-refractivity contribution in [1.82, 2.24) is 10.2 Å². The summed E-state index contributed by atoms with van der Waals surface area (Å²) >= 11 is 0. The van der Waals surface area contributed by atoms with E-state index in [1.54, 1.807) is 7.11 Å². The number of rotatable bonds is 7. The molecule has 0 saturated carbocycles. The molecule has 0 bridgehead atoms. The van der Waals surface area contributed by atoms with Gasteiger partial charge in [-0.3, -0.25) is 4.90 Å². The lowest BCUT2D eigenvalue weighted by atomic mass is 10.2. The van der Waals surface area contributed by atoms with Crippen molar-refractivity contribution >= 4 is 0 Å². The second-order valence-corrected chi connectivity index (χ2v) is 5.01. The van der Waals surface area contributed by atoms with Crippen LogP contribution in [0.15, 0.2) is 0 Å². The molecule has 0 aromatic heterocycles. The fourth-order valence-corrected chi connectivity index (χ4v) is 1.82. The van der Waals surface area contributed by atoms with Gasteiger partial charge in [-0.1, -0.05) is 34.6 Å².